The van der Waals surface area contributed by atoms with Gasteiger partial charge in [-0.2, -0.15) is 50.0 Å². The Labute approximate surface area is 335 Å². The van der Waals surface area contributed by atoms with E-state index in [0.29, 0.717) is 25.7 Å². The average molecular weight is 916 g/mol. The molecule has 0 aliphatic rings. The molecule has 0 aromatic heterocycles. The first-order valence-electron chi connectivity index (χ1n) is 17.8. The Kier molecular flexibility index (Phi) is 27.9. The van der Waals surface area contributed by atoms with Gasteiger partial charge < -0.3 is 39.7 Å². The second-order valence-corrected chi connectivity index (χ2v) is 15.1. The number of nitrogens with zero attached hydrogens (tertiary/aromatic N) is 2. The van der Waals surface area contributed by atoms with Crippen molar-refractivity contribution in [3.63, 3.8) is 0 Å². The van der Waals surface area contributed by atoms with E-state index in [1.807, 2.05) is 6.07 Å². The molecule has 0 aromatic rings. The highest BCUT2D eigenvalue weighted by atomic mass is 31.2. The summed E-state index contributed by atoms with van der Waals surface area (Å²) in [5.74, 6) is -6.95. The summed E-state index contributed by atoms with van der Waals surface area (Å²) in [6.45, 7) is -4.30. The van der Waals surface area contributed by atoms with Crippen LogP contribution in [0, 0.1) is 28.1 Å². The molecule has 0 saturated carbocycles. The van der Waals surface area contributed by atoms with Crippen molar-refractivity contribution in [3.05, 3.63) is 0 Å². The number of hydrogen-bond donors (Lipinski definition) is 5. The zero-order valence-corrected chi connectivity index (χ0v) is 33.4. The summed E-state index contributed by atoms with van der Waals surface area (Å²) in [5.41, 5.74) is -1.44. The van der Waals surface area contributed by atoms with E-state index >= 15 is 0 Å². The number of aliphatic hydroxyl groups excluding tert-OH is 1. The molecule has 0 radical (unpaired) electrons. The summed E-state index contributed by atoms with van der Waals surface area (Å²) in [5, 5.41) is 32.6. The number of phosphoric acid groups is 1. The molecule has 342 valence electrons. The first kappa shape index (κ1) is 56.1. The third kappa shape index (κ3) is 28.3. The second-order valence-electron chi connectivity index (χ2n) is 12.4. The molecule has 0 saturated heterocycles. The standard InChI is InChI=1S/C31H48F9N5O12P2/c32-29(33,34)25(47)43-14-5-9-28(11-16-45-27(49)31(38,39)40,10-6-15-44-26(48)30(35,36)37)23-52-21-24(46)22-57-59(51,56-20-8-13-42)55-19-4-2-1-3-17-53-58(50)54-18-7-12-41/h24,46,50H,1-11,14-23H2,(H,43,47)(H,44,48)(H,45,49). The van der Waals surface area contributed by atoms with Crippen molar-refractivity contribution in [2.24, 2.45) is 5.41 Å². The number of phosphoric ester groups is 1. The summed E-state index contributed by atoms with van der Waals surface area (Å²) in [6.07, 6.45) is -17.1. The van der Waals surface area contributed by atoms with Gasteiger partial charge in [-0.1, -0.05) is 12.8 Å². The summed E-state index contributed by atoms with van der Waals surface area (Å²) in [6, 6.07) is 3.60. The largest absolute Gasteiger partial charge is 0.474 e. The number of aliphatic hydroxyl groups is 1. The number of carbonyl (C=O) groups is 3. The van der Waals surface area contributed by atoms with Crippen LogP contribution in [0.25, 0.3) is 0 Å². The molecule has 0 spiro atoms. The van der Waals surface area contributed by atoms with E-state index in [2.05, 4.69) is 0 Å². The Hall–Kier alpha value is -2.90. The molecule has 3 amide bonds. The van der Waals surface area contributed by atoms with E-state index < -0.39 is 117 Å². The van der Waals surface area contributed by atoms with Crippen LogP contribution in [0.2, 0.25) is 0 Å². The minimum atomic E-state index is -5.30. The number of unbranched alkanes of at least 4 members (excludes halogenated alkanes) is 3. The van der Waals surface area contributed by atoms with Crippen LogP contribution >= 0.6 is 16.4 Å². The summed E-state index contributed by atoms with van der Waals surface area (Å²) < 4.78 is 159. The Morgan fingerprint density at radius 3 is 1.59 bits per heavy atom. The van der Waals surface area contributed by atoms with Gasteiger partial charge in [0.25, 0.3) is 0 Å². The van der Waals surface area contributed by atoms with E-state index in [0.717, 1.165) is 0 Å². The fourth-order valence-corrected chi connectivity index (χ4v) is 6.55. The average Bonchev–Trinajstić information content (AvgIpc) is 3.14. The van der Waals surface area contributed by atoms with Crippen LogP contribution in [0.1, 0.15) is 70.6 Å². The molecule has 3 unspecified atom stereocenters. The Morgan fingerprint density at radius 2 is 1.08 bits per heavy atom. The maximum absolute atomic E-state index is 13.2. The smallest absolute Gasteiger partial charge is 0.388 e. The lowest BCUT2D eigenvalue weighted by molar-refractivity contribution is -0.173. The van der Waals surface area contributed by atoms with Crippen molar-refractivity contribution in [2.75, 3.05) is 65.9 Å². The molecule has 5 N–H and O–H groups in total. The molecule has 0 fully saturated rings. The number of nitriles is 2. The third-order valence-corrected chi connectivity index (χ3v) is 9.83. The maximum atomic E-state index is 13.2. The predicted octanol–water partition coefficient (Wildman–Crippen LogP) is 5.13. The molecule has 28 heteroatoms. The van der Waals surface area contributed by atoms with Gasteiger partial charge in [0.15, 0.2) is 0 Å². The zero-order chi connectivity index (χ0) is 45.0. The fourth-order valence-electron chi connectivity index (χ4n) is 4.70. The molecule has 0 aliphatic heterocycles. The lowest BCUT2D eigenvalue weighted by Gasteiger charge is -2.35. The zero-order valence-electron chi connectivity index (χ0n) is 31.6. The van der Waals surface area contributed by atoms with Crippen molar-refractivity contribution in [1.29, 1.82) is 10.5 Å². The van der Waals surface area contributed by atoms with Gasteiger partial charge in [-0.25, -0.2) is 4.57 Å². The third-order valence-electron chi connectivity index (χ3n) is 7.56. The van der Waals surface area contributed by atoms with Gasteiger partial charge in [0.1, 0.15) is 6.10 Å². The van der Waals surface area contributed by atoms with Gasteiger partial charge in [-0.05, 0) is 50.4 Å². The minimum absolute atomic E-state index is 0.0167. The number of ether oxygens (including phenoxy) is 1. The molecule has 0 aromatic carbocycles. The van der Waals surface area contributed by atoms with Crippen molar-refractivity contribution < 1.29 is 95.8 Å². The normalized spacial score (nSPS) is 14.4. The number of halogens is 9. The second kappa shape index (κ2) is 29.4. The van der Waals surface area contributed by atoms with E-state index in [1.165, 1.54) is 0 Å². The number of amides is 3. The van der Waals surface area contributed by atoms with Crippen molar-refractivity contribution >= 4 is 34.1 Å². The lowest BCUT2D eigenvalue weighted by Crippen LogP contribution is -2.41. The molecule has 17 nitrogen and oxygen atoms in total. The molecule has 0 aliphatic carbocycles. The van der Waals surface area contributed by atoms with Crippen LogP contribution in [-0.2, 0) is 46.3 Å². The van der Waals surface area contributed by atoms with Crippen molar-refractivity contribution in [1.82, 2.24) is 16.0 Å². The Balaban J connectivity index is 5.56. The summed E-state index contributed by atoms with van der Waals surface area (Å²) in [4.78, 5) is 43.5. The van der Waals surface area contributed by atoms with Gasteiger partial charge in [0.05, 0.1) is 71.2 Å². The van der Waals surface area contributed by atoms with Crippen molar-refractivity contribution in [3.8, 4) is 12.1 Å². The molecule has 0 rings (SSSR count). The fraction of sp³-hybridized carbons (Fsp3) is 0.839. The number of rotatable bonds is 33. The molecule has 3 atom stereocenters. The van der Waals surface area contributed by atoms with Crippen LogP contribution in [0.15, 0.2) is 0 Å². The maximum Gasteiger partial charge on any atom is 0.474 e. The topological polar surface area (TPSA) is 248 Å². The van der Waals surface area contributed by atoms with Crippen molar-refractivity contribution in [2.45, 2.75) is 95.3 Å². The highest BCUT2D eigenvalue weighted by Gasteiger charge is 2.41. The molecule has 0 heterocycles. The monoisotopic (exact) mass is 915 g/mol. The quantitative estimate of drug-likeness (QED) is 0.0325. The highest BCUT2D eigenvalue weighted by molar-refractivity contribution is 7.48. The first-order valence-corrected chi connectivity index (χ1v) is 20.4. The van der Waals surface area contributed by atoms with Gasteiger partial charge in [-0.15, -0.1) is 0 Å². The number of carbonyl (C=O) groups excluding carboxylic acids is 3. The van der Waals surface area contributed by atoms with Crippen LogP contribution < -0.4 is 16.0 Å². The predicted molar refractivity (Wildman–Crippen MR) is 185 cm³/mol. The van der Waals surface area contributed by atoms with E-state index in [-0.39, 0.29) is 58.3 Å². The molecular formula is C31H48F9N5O12P2. The molecule has 59 heavy (non-hydrogen) atoms. The van der Waals surface area contributed by atoms with Gasteiger partial charge >= 0.3 is 52.7 Å². The number of nitrogens with one attached hydrogen (secondary N) is 3. The van der Waals surface area contributed by atoms with E-state index in [4.69, 9.17) is 37.9 Å². The molecule has 0 bridgehead atoms. The number of hydrogen-bond acceptors (Lipinski definition) is 14. The van der Waals surface area contributed by atoms with E-state index in [1.54, 1.807) is 22.0 Å². The van der Waals surface area contributed by atoms with E-state index in [9.17, 15) is 68.5 Å². The highest BCUT2D eigenvalue weighted by Crippen LogP contribution is 2.50. The Morgan fingerprint density at radius 1 is 0.627 bits per heavy atom. The van der Waals surface area contributed by atoms with Crippen LogP contribution in [-0.4, -0.2) is 118 Å². The Bertz CT molecular complexity index is 1340. The van der Waals surface area contributed by atoms with Gasteiger partial charge in [-0.3, -0.25) is 28.0 Å². The minimum Gasteiger partial charge on any atom is -0.388 e. The SMILES string of the molecule is N#CCCOP(O)OCCCCCCOP(=O)(OCCC#N)OCC(O)COCC(CCCNC(=O)C(F)(F)F)(CCCNC(=O)C(F)(F)F)CCNC(=O)C(F)(F)F. The lowest BCUT2D eigenvalue weighted by atomic mass is 9.76. The molecular weight excluding hydrogens is 867 g/mol. The first-order chi connectivity index (χ1) is 27.5. The van der Waals surface area contributed by atoms with Crippen LogP contribution in [0.5, 0.6) is 0 Å². The van der Waals surface area contributed by atoms with Gasteiger partial charge in [0.2, 0.25) is 0 Å². The summed E-state index contributed by atoms with van der Waals surface area (Å²) in [7, 11) is -6.52. The van der Waals surface area contributed by atoms with Gasteiger partial charge in [0, 0.05) is 19.6 Å². The summed E-state index contributed by atoms with van der Waals surface area (Å²) >= 11 is 0. The number of alkyl halides is 9. The van der Waals surface area contributed by atoms with Crippen LogP contribution in [0.3, 0.4) is 0 Å². The van der Waals surface area contributed by atoms with Crippen LogP contribution in [0.4, 0.5) is 39.5 Å².